The Morgan fingerprint density at radius 2 is 2.18 bits per heavy atom. The van der Waals surface area contributed by atoms with Crippen molar-refractivity contribution in [3.8, 4) is 0 Å². The molecule has 0 aromatic heterocycles. The monoisotopic (exact) mass is 186 g/mol. The second-order valence-corrected chi connectivity index (χ2v) is 2.88. The van der Waals surface area contributed by atoms with Crippen molar-refractivity contribution in [1.29, 1.82) is 0 Å². The van der Waals surface area contributed by atoms with Gasteiger partial charge in [0.25, 0.3) is 0 Å². The lowest BCUT2D eigenvalue weighted by molar-refractivity contribution is 1.28. The third-order valence-corrected chi connectivity index (χ3v) is 1.74. The summed E-state index contributed by atoms with van der Waals surface area (Å²) in [7, 11) is 0. The van der Waals surface area contributed by atoms with Crippen molar-refractivity contribution in [3.05, 3.63) is 46.5 Å². The maximum atomic E-state index is 5.77. The van der Waals surface area contributed by atoms with E-state index in [0.29, 0.717) is 0 Å². The third kappa shape index (κ3) is 2.96. The van der Waals surface area contributed by atoms with Crippen molar-refractivity contribution in [1.82, 2.24) is 0 Å². The molecule has 0 unspecified atom stereocenters. The van der Waals surface area contributed by atoms with Gasteiger partial charge in [0.15, 0.2) is 0 Å². The minimum Gasteiger partial charge on any atom is -0.0933 e. The standard InChI is InChI=1S/C9H8Cl2/c10-6-2-4-8-3-1-5-9(11)7-8/h1-3,5-7H,4H2. The van der Waals surface area contributed by atoms with Gasteiger partial charge < -0.3 is 0 Å². The van der Waals surface area contributed by atoms with Crippen LogP contribution in [-0.4, -0.2) is 0 Å². The summed E-state index contributed by atoms with van der Waals surface area (Å²) in [5.41, 5.74) is 2.69. The molecule has 0 heterocycles. The van der Waals surface area contributed by atoms with E-state index in [1.807, 2.05) is 30.3 Å². The first-order valence-electron chi connectivity index (χ1n) is 3.32. The molecule has 0 saturated carbocycles. The minimum atomic E-state index is 0.769. The van der Waals surface area contributed by atoms with Crippen LogP contribution in [0.4, 0.5) is 0 Å². The Hall–Kier alpha value is -0.460. The fourth-order valence-corrected chi connectivity index (χ4v) is 1.15. The molecule has 0 N–H and O–H groups in total. The van der Waals surface area contributed by atoms with Crippen LogP contribution in [-0.2, 0) is 6.42 Å². The van der Waals surface area contributed by atoms with Crippen LogP contribution in [0.1, 0.15) is 5.56 Å². The van der Waals surface area contributed by atoms with Crippen molar-refractivity contribution < 1.29 is 0 Å². The van der Waals surface area contributed by atoms with Gasteiger partial charge in [-0.25, -0.2) is 0 Å². The quantitative estimate of drug-likeness (QED) is 0.662. The summed E-state index contributed by atoms with van der Waals surface area (Å²) in [5, 5.41) is 0.769. The van der Waals surface area contributed by atoms with Crippen LogP contribution < -0.4 is 0 Å². The molecule has 0 aliphatic rings. The van der Waals surface area contributed by atoms with E-state index in [1.165, 1.54) is 11.1 Å². The molecule has 2 heteroatoms. The summed E-state index contributed by atoms with van der Waals surface area (Å²) in [6, 6.07) is 7.73. The highest BCUT2D eigenvalue weighted by molar-refractivity contribution is 6.30. The van der Waals surface area contributed by atoms with Crippen LogP contribution >= 0.6 is 23.2 Å². The van der Waals surface area contributed by atoms with Gasteiger partial charge in [0.2, 0.25) is 0 Å². The Morgan fingerprint density at radius 1 is 1.36 bits per heavy atom. The number of benzene rings is 1. The SMILES string of the molecule is ClC=CCc1cccc(Cl)c1. The molecular weight excluding hydrogens is 179 g/mol. The average Bonchev–Trinajstić information content (AvgIpc) is 2.01. The summed E-state index contributed by atoms with van der Waals surface area (Å²) in [6.45, 7) is 0. The summed E-state index contributed by atoms with van der Waals surface area (Å²) < 4.78 is 0. The van der Waals surface area contributed by atoms with E-state index in [-0.39, 0.29) is 0 Å². The molecule has 1 aromatic carbocycles. The Labute approximate surface area is 76.4 Å². The Kier molecular flexibility index (Phi) is 3.47. The van der Waals surface area contributed by atoms with Gasteiger partial charge in [-0.3, -0.25) is 0 Å². The first-order chi connectivity index (χ1) is 5.33. The van der Waals surface area contributed by atoms with Gasteiger partial charge in [0, 0.05) is 10.6 Å². The molecule has 0 aliphatic heterocycles. The highest BCUT2D eigenvalue weighted by Gasteiger charge is 1.89. The van der Waals surface area contributed by atoms with Crippen LogP contribution in [0.3, 0.4) is 0 Å². The topological polar surface area (TPSA) is 0 Å². The van der Waals surface area contributed by atoms with Gasteiger partial charge in [-0.15, -0.1) is 0 Å². The predicted molar refractivity (Wildman–Crippen MR) is 50.1 cm³/mol. The summed E-state index contributed by atoms with van der Waals surface area (Å²) >= 11 is 11.1. The summed E-state index contributed by atoms with van der Waals surface area (Å²) in [6.07, 6.45) is 2.72. The number of halogens is 2. The first-order valence-corrected chi connectivity index (χ1v) is 4.14. The lowest BCUT2D eigenvalue weighted by atomic mass is 10.2. The Bertz CT molecular complexity index is 253. The van der Waals surface area contributed by atoms with Gasteiger partial charge in [0.05, 0.1) is 0 Å². The normalized spacial score (nSPS) is 10.7. The van der Waals surface area contributed by atoms with Crippen LogP contribution in [0.5, 0.6) is 0 Å². The molecule has 1 aromatic rings. The van der Waals surface area contributed by atoms with E-state index in [1.54, 1.807) is 0 Å². The number of hydrogen-bond donors (Lipinski definition) is 0. The molecule has 0 amide bonds. The molecule has 0 fully saturated rings. The van der Waals surface area contributed by atoms with Crippen molar-refractivity contribution >= 4 is 23.2 Å². The van der Waals surface area contributed by atoms with Crippen molar-refractivity contribution in [2.24, 2.45) is 0 Å². The minimum absolute atomic E-state index is 0.769. The molecular formula is C9H8Cl2. The van der Waals surface area contributed by atoms with Crippen LogP contribution in [0.2, 0.25) is 5.02 Å². The summed E-state index contributed by atoms with van der Waals surface area (Å²) in [5.74, 6) is 0. The second kappa shape index (κ2) is 4.42. The molecule has 0 radical (unpaired) electrons. The molecule has 0 bridgehead atoms. The highest BCUT2D eigenvalue weighted by atomic mass is 35.5. The van der Waals surface area contributed by atoms with E-state index in [9.17, 15) is 0 Å². The molecule has 0 atom stereocenters. The predicted octanol–water partition coefficient (Wildman–Crippen LogP) is 3.64. The zero-order chi connectivity index (χ0) is 8.10. The van der Waals surface area contributed by atoms with E-state index < -0.39 is 0 Å². The van der Waals surface area contributed by atoms with Crippen molar-refractivity contribution in [3.63, 3.8) is 0 Å². The lowest BCUT2D eigenvalue weighted by Gasteiger charge is -1.95. The van der Waals surface area contributed by atoms with E-state index in [4.69, 9.17) is 23.2 Å². The zero-order valence-electron chi connectivity index (χ0n) is 5.93. The van der Waals surface area contributed by atoms with Gasteiger partial charge in [-0.05, 0) is 24.1 Å². The first kappa shape index (κ1) is 8.63. The summed E-state index contributed by atoms with van der Waals surface area (Å²) in [4.78, 5) is 0. The van der Waals surface area contributed by atoms with E-state index in [2.05, 4.69) is 0 Å². The number of allylic oxidation sites excluding steroid dienone is 1. The van der Waals surface area contributed by atoms with Crippen LogP contribution in [0, 0.1) is 0 Å². The molecule has 0 spiro atoms. The Morgan fingerprint density at radius 3 is 2.82 bits per heavy atom. The largest absolute Gasteiger partial charge is 0.0933 e. The second-order valence-electron chi connectivity index (χ2n) is 2.20. The zero-order valence-corrected chi connectivity index (χ0v) is 7.44. The number of hydrogen-bond acceptors (Lipinski definition) is 0. The third-order valence-electron chi connectivity index (χ3n) is 1.33. The lowest BCUT2D eigenvalue weighted by Crippen LogP contribution is -1.78. The average molecular weight is 187 g/mol. The molecule has 58 valence electrons. The highest BCUT2D eigenvalue weighted by Crippen LogP contribution is 2.11. The van der Waals surface area contributed by atoms with Gasteiger partial charge >= 0.3 is 0 Å². The molecule has 1 rings (SSSR count). The van der Waals surface area contributed by atoms with Crippen LogP contribution in [0.25, 0.3) is 0 Å². The number of rotatable bonds is 2. The fraction of sp³-hybridized carbons (Fsp3) is 0.111. The van der Waals surface area contributed by atoms with Crippen LogP contribution in [0.15, 0.2) is 35.9 Å². The molecule has 11 heavy (non-hydrogen) atoms. The molecule has 0 saturated heterocycles. The van der Waals surface area contributed by atoms with Gasteiger partial charge in [-0.1, -0.05) is 41.4 Å². The van der Waals surface area contributed by atoms with Crippen molar-refractivity contribution in [2.45, 2.75) is 6.42 Å². The molecule has 0 aliphatic carbocycles. The smallest absolute Gasteiger partial charge is 0.0408 e. The van der Waals surface area contributed by atoms with Crippen molar-refractivity contribution in [2.75, 3.05) is 0 Å². The maximum absolute atomic E-state index is 5.77. The van der Waals surface area contributed by atoms with E-state index >= 15 is 0 Å². The van der Waals surface area contributed by atoms with E-state index in [0.717, 1.165) is 11.4 Å². The maximum Gasteiger partial charge on any atom is 0.0408 e. The molecule has 0 nitrogen and oxygen atoms in total. The Balaban J connectivity index is 2.71. The van der Waals surface area contributed by atoms with Gasteiger partial charge in [0.1, 0.15) is 0 Å². The van der Waals surface area contributed by atoms with Gasteiger partial charge in [-0.2, -0.15) is 0 Å². The fourth-order valence-electron chi connectivity index (χ4n) is 0.845.